The Bertz CT molecular complexity index is 1740. The van der Waals surface area contributed by atoms with Crippen LogP contribution < -0.4 is 5.19 Å². The average Bonchev–Trinajstić information content (AvgIpc) is 3.41. The van der Waals surface area contributed by atoms with E-state index in [2.05, 4.69) is 96.5 Å². The summed E-state index contributed by atoms with van der Waals surface area (Å²) in [6, 6.07) is 36.3. The van der Waals surface area contributed by atoms with Crippen LogP contribution >= 0.6 is 11.3 Å². The Morgan fingerprint density at radius 1 is 0.762 bits per heavy atom. The molecular formula is C37H36IrN2SSi-2. The van der Waals surface area contributed by atoms with Gasteiger partial charge in [-0.25, -0.2) is 0 Å². The van der Waals surface area contributed by atoms with Crippen LogP contribution in [0.1, 0.15) is 43.6 Å². The Labute approximate surface area is 268 Å². The summed E-state index contributed by atoms with van der Waals surface area (Å²) in [6.07, 6.45) is 10.7. The van der Waals surface area contributed by atoms with Crippen LogP contribution in [0.4, 0.5) is 0 Å². The van der Waals surface area contributed by atoms with E-state index in [0.717, 1.165) is 28.4 Å². The van der Waals surface area contributed by atoms with Gasteiger partial charge in [-0.1, -0.05) is 85.9 Å². The van der Waals surface area contributed by atoms with Gasteiger partial charge in [0.05, 0.1) is 8.07 Å². The molecule has 0 amide bonds. The van der Waals surface area contributed by atoms with Crippen molar-refractivity contribution in [1.29, 1.82) is 0 Å². The van der Waals surface area contributed by atoms with Gasteiger partial charge in [0.15, 0.2) is 0 Å². The van der Waals surface area contributed by atoms with Gasteiger partial charge in [-0.15, -0.1) is 59.7 Å². The van der Waals surface area contributed by atoms with E-state index in [9.17, 15) is 0 Å². The number of aromatic nitrogens is 2. The van der Waals surface area contributed by atoms with Crippen LogP contribution in [0.25, 0.3) is 42.7 Å². The fraction of sp³-hybridized carbons (Fsp3) is 0.243. The molecule has 0 aliphatic heterocycles. The minimum atomic E-state index is -1.30. The third-order valence-corrected chi connectivity index (χ3v) is 11.3. The second-order valence-corrected chi connectivity index (χ2v) is 18.1. The molecule has 1 fully saturated rings. The van der Waals surface area contributed by atoms with Crippen molar-refractivity contribution in [2.45, 2.75) is 57.7 Å². The Morgan fingerprint density at radius 2 is 1.60 bits per heavy atom. The van der Waals surface area contributed by atoms with Gasteiger partial charge in [-0.3, -0.25) is 0 Å². The molecular weight excluding hydrogens is 725 g/mol. The van der Waals surface area contributed by atoms with Gasteiger partial charge in [0.2, 0.25) is 0 Å². The first kappa shape index (κ1) is 30.5. The molecule has 1 aliphatic rings. The van der Waals surface area contributed by atoms with Crippen LogP contribution in [0.5, 0.6) is 0 Å². The molecule has 42 heavy (non-hydrogen) atoms. The molecule has 0 bridgehead atoms. The van der Waals surface area contributed by atoms with Crippen LogP contribution in [0.3, 0.4) is 0 Å². The van der Waals surface area contributed by atoms with Crippen molar-refractivity contribution >= 4 is 44.8 Å². The quantitative estimate of drug-likeness (QED) is 0.132. The first-order valence-corrected chi connectivity index (χ1v) is 19.0. The summed E-state index contributed by atoms with van der Waals surface area (Å²) < 4.78 is 2.63. The van der Waals surface area contributed by atoms with Crippen molar-refractivity contribution in [3.63, 3.8) is 0 Å². The molecule has 3 aromatic heterocycles. The summed E-state index contributed by atoms with van der Waals surface area (Å²) in [5.41, 5.74) is 5.62. The van der Waals surface area contributed by atoms with Crippen LogP contribution in [0.2, 0.25) is 19.6 Å². The second kappa shape index (κ2) is 13.6. The minimum Gasteiger partial charge on any atom is -0.305 e. The predicted octanol–water partition coefficient (Wildman–Crippen LogP) is 10.1. The molecule has 7 rings (SSSR count). The van der Waals surface area contributed by atoms with Crippen LogP contribution in [0, 0.1) is 12.1 Å². The normalized spacial score (nSPS) is 13.8. The fourth-order valence-corrected chi connectivity index (χ4v) is 8.05. The number of hydrogen-bond acceptors (Lipinski definition) is 3. The molecule has 1 saturated carbocycles. The third-order valence-electron chi connectivity index (χ3n) is 8.07. The molecule has 3 aromatic carbocycles. The molecule has 5 heteroatoms. The molecule has 0 unspecified atom stereocenters. The summed E-state index contributed by atoms with van der Waals surface area (Å²) in [5, 5.41) is 4.21. The van der Waals surface area contributed by atoms with Crippen LogP contribution in [-0.2, 0) is 20.1 Å². The maximum atomic E-state index is 4.59. The minimum absolute atomic E-state index is 0. The number of hydrogen-bond donors (Lipinski definition) is 0. The Hall–Kier alpha value is -2.95. The van der Waals surface area contributed by atoms with Gasteiger partial charge in [0, 0.05) is 37.2 Å². The van der Waals surface area contributed by atoms with Gasteiger partial charge >= 0.3 is 0 Å². The second-order valence-electron chi connectivity index (χ2n) is 12.0. The fourth-order valence-electron chi connectivity index (χ4n) is 5.70. The third kappa shape index (κ3) is 6.81. The summed E-state index contributed by atoms with van der Waals surface area (Å²) in [5.74, 6) is 0.736. The van der Waals surface area contributed by atoms with E-state index in [1.54, 1.807) is 0 Å². The summed E-state index contributed by atoms with van der Waals surface area (Å²) in [7, 11) is -1.30. The van der Waals surface area contributed by atoms with Crippen molar-refractivity contribution in [1.82, 2.24) is 9.97 Å². The molecule has 2 nitrogen and oxygen atoms in total. The van der Waals surface area contributed by atoms with Gasteiger partial charge in [0.25, 0.3) is 0 Å². The van der Waals surface area contributed by atoms with Crippen LogP contribution in [0.15, 0.2) is 97.3 Å². The van der Waals surface area contributed by atoms with Crippen molar-refractivity contribution in [3.05, 3.63) is 115 Å². The van der Waals surface area contributed by atoms with E-state index in [4.69, 9.17) is 0 Å². The van der Waals surface area contributed by atoms with Crippen molar-refractivity contribution in [3.8, 4) is 22.5 Å². The smallest absolute Gasteiger partial charge is 0.0776 e. The topological polar surface area (TPSA) is 25.8 Å². The maximum absolute atomic E-state index is 4.59. The zero-order valence-electron chi connectivity index (χ0n) is 24.5. The molecule has 0 N–H and O–H groups in total. The Kier molecular flexibility index (Phi) is 9.85. The monoisotopic (exact) mass is 761 g/mol. The number of rotatable bonds is 4. The van der Waals surface area contributed by atoms with E-state index >= 15 is 0 Å². The first-order valence-electron chi connectivity index (χ1n) is 14.7. The summed E-state index contributed by atoms with van der Waals surface area (Å²) in [4.78, 5) is 9.10. The molecule has 1 radical (unpaired) electrons. The summed E-state index contributed by atoms with van der Waals surface area (Å²) in [6.45, 7) is 7.20. The molecule has 215 valence electrons. The molecule has 3 heterocycles. The zero-order valence-corrected chi connectivity index (χ0v) is 28.7. The van der Waals surface area contributed by atoms with Gasteiger partial charge < -0.3 is 9.97 Å². The van der Waals surface area contributed by atoms with Crippen molar-refractivity contribution in [2.75, 3.05) is 0 Å². The largest absolute Gasteiger partial charge is 0.305 e. The van der Waals surface area contributed by atoms with Gasteiger partial charge in [0.1, 0.15) is 0 Å². The SMILES string of the molecule is C[Si](C)(C)c1ccc2sc3c(-c4ccccn4)[c-]ccc3c2c1.[Ir].[c-]1ccccc1-c1ccc(C2CCCCC2)cn1. The van der Waals surface area contributed by atoms with Gasteiger partial charge in [-0.05, 0) is 57.9 Å². The van der Waals surface area contributed by atoms with E-state index in [0.29, 0.717) is 0 Å². The standard InChI is InChI=1S/C20H18NSSi.C17H18N.Ir/c1-23(2,3)14-10-11-19-17(13-14)15-7-6-8-16(20(15)22-19)18-9-4-5-12-21-18;1-3-7-14(8-4-1)16-11-12-17(18-13-16)15-9-5-2-6-10-15;/h4-7,9-13H,1-3H3;2,5-6,9,11-14H,1,3-4,7-8H2;/q2*-1;. The van der Waals surface area contributed by atoms with Gasteiger partial charge in [-0.2, -0.15) is 11.3 Å². The number of thiophene rings is 1. The number of nitrogens with zero attached hydrogens (tertiary/aromatic N) is 2. The predicted molar refractivity (Wildman–Crippen MR) is 179 cm³/mol. The first-order chi connectivity index (χ1) is 20.0. The molecule has 6 aromatic rings. The van der Waals surface area contributed by atoms with E-state index in [1.807, 2.05) is 53.9 Å². The maximum Gasteiger partial charge on any atom is 0.0776 e. The number of fused-ring (bicyclic) bond motifs is 3. The van der Waals surface area contributed by atoms with E-state index in [-0.39, 0.29) is 20.1 Å². The molecule has 0 atom stereocenters. The number of pyridine rings is 2. The average molecular weight is 761 g/mol. The Morgan fingerprint density at radius 3 is 2.29 bits per heavy atom. The van der Waals surface area contributed by atoms with Crippen molar-refractivity contribution < 1.29 is 20.1 Å². The molecule has 1 aliphatic carbocycles. The number of benzene rings is 3. The molecule has 0 spiro atoms. The van der Waals surface area contributed by atoms with Crippen LogP contribution in [-0.4, -0.2) is 18.0 Å². The zero-order chi connectivity index (χ0) is 28.2. The van der Waals surface area contributed by atoms with Crippen molar-refractivity contribution in [2.24, 2.45) is 0 Å². The Balaban J connectivity index is 0.000000169. The summed E-state index contributed by atoms with van der Waals surface area (Å²) >= 11 is 1.85. The van der Waals surface area contributed by atoms with E-state index in [1.165, 1.54) is 63.0 Å². The molecule has 0 saturated heterocycles. The van der Waals surface area contributed by atoms with E-state index < -0.39 is 8.07 Å².